The minimum absolute atomic E-state index is 0.0103. The van der Waals surface area contributed by atoms with Crippen LogP contribution in [0.1, 0.15) is 106 Å². The number of aliphatic hydroxyl groups excluding tert-OH is 11. The quantitative estimate of drug-likeness (QED) is 0.122. The van der Waals surface area contributed by atoms with E-state index in [-0.39, 0.29) is 45.3 Å². The van der Waals surface area contributed by atoms with Gasteiger partial charge in [0.1, 0.15) is 48.8 Å². The topological polar surface area (TPSA) is 259 Å². The van der Waals surface area contributed by atoms with Gasteiger partial charge in [-0.15, -0.1) is 0 Å². The van der Waals surface area contributed by atoms with Gasteiger partial charge in [-0.25, -0.2) is 0 Å². The minimum Gasteiger partial charge on any atom is -0.394 e. The lowest BCUT2D eigenvalue weighted by Crippen LogP contribution is -2.63. The second-order valence-electron chi connectivity index (χ2n) is 21.1. The van der Waals surface area contributed by atoms with Crippen molar-refractivity contribution in [3.63, 3.8) is 0 Å². The van der Waals surface area contributed by atoms with E-state index in [4.69, 9.17) is 18.9 Å². The maximum atomic E-state index is 12.3. The Labute approximate surface area is 336 Å². The summed E-state index contributed by atoms with van der Waals surface area (Å²) in [7, 11) is 0. The van der Waals surface area contributed by atoms with Gasteiger partial charge >= 0.3 is 0 Å². The Kier molecular flexibility index (Phi) is 11.7. The predicted molar refractivity (Wildman–Crippen MR) is 202 cm³/mol. The van der Waals surface area contributed by atoms with Crippen molar-refractivity contribution in [2.24, 2.45) is 50.7 Å². The van der Waals surface area contributed by atoms with Gasteiger partial charge in [0.15, 0.2) is 12.6 Å². The van der Waals surface area contributed by atoms with Crippen molar-refractivity contribution in [1.29, 1.82) is 0 Å². The molecular weight excluding hydrogens is 744 g/mol. The maximum Gasteiger partial charge on any atom is 0.187 e. The summed E-state index contributed by atoms with van der Waals surface area (Å²) in [4.78, 5) is 0. The standard InChI is InChI=1S/C42H72O15/c1-19(8-9-25(47)38(4,5)57-36-33(53)31(51)29(49)23(17-44)55-36)27-21(46)15-40(7)24-14-20(45)34-37(2,3)26(56-35-32(52)30(50)28(48)22(16-43)54-35)10-11-42(34)18-41(24,42)13-12-39(27,40)6/h19-36,43-53H,8-18H2,1-7H3/t19-,20+,21+,22-,23-,24+,25+,26+,27+,28-,29-,30+,31+,32-,33-,34+,35+,36+,39-,40+,41+,42-/m1/s1. The molecule has 2 heterocycles. The van der Waals surface area contributed by atoms with Gasteiger partial charge in [0.25, 0.3) is 0 Å². The molecule has 0 bridgehead atoms. The lowest BCUT2D eigenvalue weighted by Gasteiger charge is -2.64. The summed E-state index contributed by atoms with van der Waals surface area (Å²) in [6, 6.07) is 0. The van der Waals surface area contributed by atoms with Gasteiger partial charge < -0.3 is 75.1 Å². The lowest BCUT2D eigenvalue weighted by atomic mass is 9.41. The van der Waals surface area contributed by atoms with Crippen LogP contribution < -0.4 is 0 Å². The number of hydrogen-bond acceptors (Lipinski definition) is 15. The van der Waals surface area contributed by atoms with Crippen LogP contribution in [-0.2, 0) is 18.9 Å². The molecule has 0 unspecified atom stereocenters. The van der Waals surface area contributed by atoms with E-state index in [1.165, 1.54) is 0 Å². The highest BCUT2D eigenvalue weighted by molar-refractivity contribution is 5.32. The van der Waals surface area contributed by atoms with E-state index in [1.807, 2.05) is 0 Å². The third-order valence-corrected chi connectivity index (χ3v) is 17.8. The first-order chi connectivity index (χ1) is 26.5. The Morgan fingerprint density at radius 1 is 0.702 bits per heavy atom. The Hall–Kier alpha value is -0.600. The van der Waals surface area contributed by atoms with E-state index in [2.05, 4.69) is 34.6 Å². The highest BCUT2D eigenvalue weighted by atomic mass is 16.7. The molecule has 2 spiro atoms. The summed E-state index contributed by atoms with van der Waals surface area (Å²) in [5.41, 5.74) is -2.33. The first-order valence-electron chi connectivity index (χ1n) is 21.5. The molecule has 57 heavy (non-hydrogen) atoms. The molecule has 11 N–H and O–H groups in total. The fraction of sp³-hybridized carbons (Fsp3) is 1.00. The average molecular weight is 817 g/mol. The zero-order valence-electron chi connectivity index (χ0n) is 34.7. The second kappa shape index (κ2) is 15.0. The Bertz CT molecular complexity index is 1450. The van der Waals surface area contributed by atoms with Gasteiger partial charge in [0, 0.05) is 0 Å². The van der Waals surface area contributed by atoms with Crippen LogP contribution in [0.5, 0.6) is 0 Å². The van der Waals surface area contributed by atoms with Crippen LogP contribution >= 0.6 is 0 Å². The second-order valence-corrected chi connectivity index (χ2v) is 21.1. The summed E-state index contributed by atoms with van der Waals surface area (Å²) >= 11 is 0. The SMILES string of the molecule is C[C@H](CC[C@H](O)C(C)(C)O[C@@H]1O[C@H](CO)[C@@H](O)[C@H](O)[C@H]1O)[C@H]1[C@@H](O)C[C@@]2(C)[C@@H]3C[C@H](O)[C@H]4C(C)(C)[C@@H](O[C@@H]5O[C@H](CO)[C@@H](O)[C@H](O)[C@H]5O)CC[C@@]45C[C@@]35CC[C@]12C. The molecule has 15 nitrogen and oxygen atoms in total. The Morgan fingerprint density at radius 3 is 1.88 bits per heavy atom. The van der Waals surface area contributed by atoms with Crippen molar-refractivity contribution in [3.8, 4) is 0 Å². The molecular formula is C42H72O15. The number of fused-ring (bicyclic) bond motifs is 2. The number of hydrogen-bond donors (Lipinski definition) is 11. The van der Waals surface area contributed by atoms with Gasteiger partial charge in [-0.2, -0.15) is 0 Å². The number of aliphatic hydroxyl groups is 11. The third kappa shape index (κ3) is 6.54. The summed E-state index contributed by atoms with van der Waals surface area (Å²) in [6.07, 6.45) is -10.1. The Balaban J connectivity index is 1.03. The van der Waals surface area contributed by atoms with E-state index < -0.39 is 110 Å². The Morgan fingerprint density at radius 2 is 1.28 bits per heavy atom. The van der Waals surface area contributed by atoms with Gasteiger partial charge in [-0.05, 0) is 122 Å². The van der Waals surface area contributed by atoms with Crippen molar-refractivity contribution in [2.75, 3.05) is 13.2 Å². The monoisotopic (exact) mass is 816 g/mol. The molecule has 2 aliphatic heterocycles. The highest BCUT2D eigenvalue weighted by Gasteiger charge is 2.84. The normalized spacial score (nSPS) is 54.2. The largest absolute Gasteiger partial charge is 0.394 e. The van der Waals surface area contributed by atoms with Crippen LogP contribution in [0.3, 0.4) is 0 Å². The molecule has 5 saturated carbocycles. The van der Waals surface area contributed by atoms with Crippen LogP contribution in [0.2, 0.25) is 0 Å². The van der Waals surface area contributed by atoms with Crippen molar-refractivity contribution in [3.05, 3.63) is 0 Å². The van der Waals surface area contributed by atoms with Gasteiger partial charge in [-0.3, -0.25) is 0 Å². The summed E-state index contributed by atoms with van der Waals surface area (Å²) < 4.78 is 23.7. The first-order valence-corrected chi connectivity index (χ1v) is 21.5. The molecule has 7 fully saturated rings. The summed E-state index contributed by atoms with van der Waals surface area (Å²) in [5.74, 6) is 0.0816. The van der Waals surface area contributed by atoms with Crippen LogP contribution in [0.4, 0.5) is 0 Å². The van der Waals surface area contributed by atoms with E-state index in [0.29, 0.717) is 32.1 Å². The molecule has 2 saturated heterocycles. The van der Waals surface area contributed by atoms with Crippen molar-refractivity contribution in [1.82, 2.24) is 0 Å². The van der Waals surface area contributed by atoms with Crippen LogP contribution in [0, 0.1) is 50.7 Å². The van der Waals surface area contributed by atoms with Crippen molar-refractivity contribution >= 4 is 0 Å². The van der Waals surface area contributed by atoms with Crippen molar-refractivity contribution < 1.29 is 75.1 Å². The summed E-state index contributed by atoms with van der Waals surface area (Å²) in [6.45, 7) is 13.2. The number of ether oxygens (including phenoxy) is 4. The van der Waals surface area contributed by atoms with Gasteiger partial charge in [0.05, 0.1) is 43.2 Å². The van der Waals surface area contributed by atoms with Crippen molar-refractivity contribution in [2.45, 2.75) is 198 Å². The first kappa shape index (κ1) is 44.5. The molecule has 0 aromatic carbocycles. The lowest BCUT2D eigenvalue weighted by molar-refractivity contribution is -0.331. The molecule has 0 radical (unpaired) electrons. The molecule has 5 aliphatic carbocycles. The highest BCUT2D eigenvalue weighted by Crippen LogP contribution is 2.89. The smallest absolute Gasteiger partial charge is 0.187 e. The predicted octanol–water partition coefficient (Wildman–Crippen LogP) is -0.0755. The fourth-order valence-electron chi connectivity index (χ4n) is 14.6. The van der Waals surface area contributed by atoms with Gasteiger partial charge in [-0.1, -0.05) is 34.6 Å². The molecule has 0 aromatic rings. The van der Waals surface area contributed by atoms with Crippen LogP contribution in [0.15, 0.2) is 0 Å². The fourth-order valence-corrected chi connectivity index (χ4v) is 14.6. The van der Waals surface area contributed by atoms with Crippen LogP contribution in [-0.4, -0.2) is 161 Å². The van der Waals surface area contributed by atoms with Gasteiger partial charge in [0.2, 0.25) is 0 Å². The molecule has 0 aromatic heterocycles. The molecule has 7 aliphatic rings. The minimum atomic E-state index is -1.59. The summed E-state index contributed by atoms with van der Waals surface area (Å²) in [5, 5.41) is 117. The molecule has 0 amide bonds. The molecule has 15 heteroatoms. The molecule has 330 valence electrons. The zero-order chi connectivity index (χ0) is 42.0. The van der Waals surface area contributed by atoms with Crippen LogP contribution in [0.25, 0.3) is 0 Å². The average Bonchev–Trinajstić information content (AvgIpc) is 3.74. The molecule has 7 rings (SSSR count). The number of rotatable bonds is 11. The van der Waals surface area contributed by atoms with E-state index in [1.54, 1.807) is 13.8 Å². The van der Waals surface area contributed by atoms with E-state index >= 15 is 0 Å². The maximum absolute atomic E-state index is 12.3. The third-order valence-electron chi connectivity index (χ3n) is 17.8. The van der Waals surface area contributed by atoms with E-state index in [0.717, 1.165) is 25.7 Å². The zero-order valence-corrected chi connectivity index (χ0v) is 34.7. The molecule has 22 atom stereocenters. The van der Waals surface area contributed by atoms with E-state index in [9.17, 15) is 56.2 Å².